The maximum absolute atomic E-state index is 11.1. The largest absolute Gasteiger partial charge is 0.481 e. The second-order valence-electron chi connectivity index (χ2n) is 6.74. The molecule has 0 heterocycles. The maximum atomic E-state index is 11.1. The molecule has 0 radical (unpaired) electrons. The molecule has 0 amide bonds. The molecule has 3 nitrogen and oxygen atoms in total. The third-order valence-electron chi connectivity index (χ3n) is 2.74. The zero-order valence-electron chi connectivity index (χ0n) is 12.2. The van der Waals surface area contributed by atoms with E-state index >= 15 is 0 Å². The molecular formula is C14H29NO2. The molecule has 0 bridgehead atoms. The van der Waals surface area contributed by atoms with Crippen molar-refractivity contribution < 1.29 is 9.90 Å². The Bertz CT molecular complexity index is 231. The third kappa shape index (κ3) is 9.16. The fraction of sp³-hybridized carbons (Fsp3) is 0.929. The Kier molecular flexibility index (Phi) is 6.76. The van der Waals surface area contributed by atoms with Crippen molar-refractivity contribution in [2.75, 3.05) is 6.54 Å². The van der Waals surface area contributed by atoms with E-state index < -0.39 is 5.97 Å². The third-order valence-corrected chi connectivity index (χ3v) is 2.74. The van der Waals surface area contributed by atoms with Crippen molar-refractivity contribution >= 4 is 5.97 Å². The summed E-state index contributed by atoms with van der Waals surface area (Å²) in [6, 6.07) is 0.365. The van der Waals surface area contributed by atoms with Crippen LogP contribution in [0.15, 0.2) is 0 Å². The fourth-order valence-electron chi connectivity index (χ4n) is 2.17. The molecule has 17 heavy (non-hydrogen) atoms. The highest BCUT2D eigenvalue weighted by molar-refractivity contribution is 5.70. The van der Waals surface area contributed by atoms with Crippen molar-refractivity contribution in [3.63, 3.8) is 0 Å². The van der Waals surface area contributed by atoms with Crippen molar-refractivity contribution in [3.05, 3.63) is 0 Å². The van der Waals surface area contributed by atoms with Gasteiger partial charge in [0.15, 0.2) is 0 Å². The minimum absolute atomic E-state index is 0.266. The van der Waals surface area contributed by atoms with Crippen LogP contribution in [0.4, 0.5) is 0 Å². The molecule has 0 aromatic carbocycles. The number of rotatable bonds is 7. The predicted octanol–water partition coefficient (Wildman–Crippen LogP) is 3.15. The van der Waals surface area contributed by atoms with Gasteiger partial charge in [-0.2, -0.15) is 0 Å². The first-order chi connectivity index (χ1) is 7.61. The molecule has 0 aromatic rings. The second-order valence-corrected chi connectivity index (χ2v) is 6.74. The van der Waals surface area contributed by atoms with Crippen LogP contribution in [-0.2, 0) is 4.79 Å². The Labute approximate surface area is 106 Å². The Morgan fingerprint density at radius 1 is 1.24 bits per heavy atom. The first-order valence-electron chi connectivity index (χ1n) is 6.58. The standard InChI is InChI=1S/C14H29NO2/c1-10(2)7-12(13(16)17)9-15-11(3)8-14(4,5)6/h10-12,15H,7-9H2,1-6H3,(H,16,17). The first-order valence-corrected chi connectivity index (χ1v) is 6.58. The van der Waals surface area contributed by atoms with Crippen LogP contribution in [0, 0.1) is 17.3 Å². The Hall–Kier alpha value is -0.570. The van der Waals surface area contributed by atoms with E-state index in [-0.39, 0.29) is 11.3 Å². The van der Waals surface area contributed by atoms with Crippen LogP contribution < -0.4 is 5.32 Å². The Balaban J connectivity index is 4.08. The van der Waals surface area contributed by atoms with Crippen molar-refractivity contribution in [3.8, 4) is 0 Å². The van der Waals surface area contributed by atoms with Crippen molar-refractivity contribution in [1.29, 1.82) is 0 Å². The summed E-state index contributed by atoms with van der Waals surface area (Å²) in [5.41, 5.74) is 0.281. The monoisotopic (exact) mass is 243 g/mol. The minimum atomic E-state index is -0.686. The summed E-state index contributed by atoms with van der Waals surface area (Å²) >= 11 is 0. The summed E-state index contributed by atoms with van der Waals surface area (Å²) in [5, 5.41) is 12.5. The summed E-state index contributed by atoms with van der Waals surface area (Å²) in [6.45, 7) is 13.4. The SMILES string of the molecule is CC(C)CC(CNC(C)CC(C)(C)C)C(=O)O. The Morgan fingerprint density at radius 2 is 1.76 bits per heavy atom. The van der Waals surface area contributed by atoms with Gasteiger partial charge in [-0.3, -0.25) is 4.79 Å². The van der Waals surface area contributed by atoms with Crippen LogP contribution in [0.1, 0.15) is 54.4 Å². The van der Waals surface area contributed by atoms with Crippen LogP contribution in [0.3, 0.4) is 0 Å². The number of nitrogens with one attached hydrogen (secondary N) is 1. The lowest BCUT2D eigenvalue weighted by Crippen LogP contribution is -2.36. The molecule has 0 fully saturated rings. The zero-order chi connectivity index (χ0) is 13.6. The van der Waals surface area contributed by atoms with Gasteiger partial charge in [-0.25, -0.2) is 0 Å². The fourth-order valence-corrected chi connectivity index (χ4v) is 2.17. The second kappa shape index (κ2) is 7.00. The molecule has 0 saturated heterocycles. The summed E-state index contributed by atoms with van der Waals surface area (Å²) in [4.78, 5) is 11.1. The molecule has 2 unspecified atom stereocenters. The lowest BCUT2D eigenvalue weighted by Gasteiger charge is -2.25. The predicted molar refractivity (Wildman–Crippen MR) is 72.1 cm³/mol. The molecule has 0 aromatic heterocycles. The minimum Gasteiger partial charge on any atom is -0.481 e. The topological polar surface area (TPSA) is 49.3 Å². The summed E-state index contributed by atoms with van der Waals surface area (Å²) < 4.78 is 0. The van der Waals surface area contributed by atoms with Gasteiger partial charge in [0.1, 0.15) is 0 Å². The number of hydrogen-bond donors (Lipinski definition) is 2. The molecular weight excluding hydrogens is 214 g/mol. The zero-order valence-corrected chi connectivity index (χ0v) is 12.2. The lowest BCUT2D eigenvalue weighted by atomic mass is 9.88. The summed E-state index contributed by atoms with van der Waals surface area (Å²) in [7, 11) is 0. The molecule has 0 aliphatic carbocycles. The van der Waals surface area contributed by atoms with E-state index in [4.69, 9.17) is 5.11 Å². The van der Waals surface area contributed by atoms with Gasteiger partial charge in [0.05, 0.1) is 5.92 Å². The van der Waals surface area contributed by atoms with Crippen molar-refractivity contribution in [2.24, 2.45) is 17.3 Å². The van der Waals surface area contributed by atoms with Crippen LogP contribution >= 0.6 is 0 Å². The molecule has 2 N–H and O–H groups in total. The van der Waals surface area contributed by atoms with Gasteiger partial charge in [-0.15, -0.1) is 0 Å². The van der Waals surface area contributed by atoms with E-state index in [0.717, 1.165) is 12.8 Å². The summed E-state index contributed by atoms with van der Waals surface area (Å²) in [6.07, 6.45) is 1.80. The van der Waals surface area contributed by atoms with Gasteiger partial charge in [-0.1, -0.05) is 34.6 Å². The highest BCUT2D eigenvalue weighted by Crippen LogP contribution is 2.20. The van der Waals surface area contributed by atoms with E-state index in [2.05, 4.69) is 46.9 Å². The van der Waals surface area contributed by atoms with Crippen LogP contribution in [0.2, 0.25) is 0 Å². The Morgan fingerprint density at radius 3 is 2.12 bits per heavy atom. The molecule has 102 valence electrons. The molecule has 0 spiro atoms. The number of carboxylic acids is 1. The normalized spacial score (nSPS) is 15.9. The molecule has 0 aliphatic rings. The van der Waals surface area contributed by atoms with E-state index in [9.17, 15) is 4.79 Å². The van der Waals surface area contributed by atoms with Gasteiger partial charge < -0.3 is 10.4 Å². The lowest BCUT2D eigenvalue weighted by molar-refractivity contribution is -0.142. The quantitative estimate of drug-likeness (QED) is 0.722. The van der Waals surface area contributed by atoms with Crippen molar-refractivity contribution in [1.82, 2.24) is 5.32 Å². The van der Waals surface area contributed by atoms with E-state index in [1.54, 1.807) is 0 Å². The van der Waals surface area contributed by atoms with Gasteiger partial charge in [0.2, 0.25) is 0 Å². The molecule has 3 heteroatoms. The van der Waals surface area contributed by atoms with E-state index in [1.807, 2.05) is 0 Å². The average Bonchev–Trinajstić information content (AvgIpc) is 2.08. The average molecular weight is 243 g/mol. The number of hydrogen-bond acceptors (Lipinski definition) is 2. The van der Waals surface area contributed by atoms with Crippen LogP contribution in [0.5, 0.6) is 0 Å². The van der Waals surface area contributed by atoms with Crippen LogP contribution in [0.25, 0.3) is 0 Å². The van der Waals surface area contributed by atoms with E-state index in [0.29, 0.717) is 18.5 Å². The summed E-state index contributed by atoms with van der Waals surface area (Å²) in [5.74, 6) is -0.526. The molecule has 2 atom stereocenters. The smallest absolute Gasteiger partial charge is 0.307 e. The van der Waals surface area contributed by atoms with Crippen molar-refractivity contribution in [2.45, 2.75) is 60.4 Å². The van der Waals surface area contributed by atoms with Gasteiger partial charge in [0, 0.05) is 12.6 Å². The molecule has 0 rings (SSSR count). The van der Waals surface area contributed by atoms with Gasteiger partial charge >= 0.3 is 5.97 Å². The molecule has 0 saturated carbocycles. The van der Waals surface area contributed by atoms with Gasteiger partial charge in [0.25, 0.3) is 0 Å². The number of aliphatic carboxylic acids is 1. The first kappa shape index (κ1) is 16.4. The van der Waals surface area contributed by atoms with Gasteiger partial charge in [-0.05, 0) is 31.1 Å². The van der Waals surface area contributed by atoms with E-state index in [1.165, 1.54) is 0 Å². The highest BCUT2D eigenvalue weighted by atomic mass is 16.4. The molecule has 0 aliphatic heterocycles. The maximum Gasteiger partial charge on any atom is 0.307 e. The number of carbonyl (C=O) groups is 1. The van der Waals surface area contributed by atoms with Crippen LogP contribution in [-0.4, -0.2) is 23.7 Å². The number of carboxylic acid groups (broad SMARTS) is 1. The highest BCUT2D eigenvalue weighted by Gasteiger charge is 2.21.